The smallest absolute Gasteiger partial charge is 0.379 e. The lowest BCUT2D eigenvalue weighted by molar-refractivity contribution is -0.250. The van der Waals surface area contributed by atoms with Crippen LogP contribution in [0.3, 0.4) is 0 Å². The Hall–Kier alpha value is -1.08. The van der Waals surface area contributed by atoms with Crippen LogP contribution in [0.1, 0.15) is 17.8 Å². The summed E-state index contributed by atoms with van der Waals surface area (Å²) in [7, 11) is 0. The molecule has 19 heavy (non-hydrogen) atoms. The van der Waals surface area contributed by atoms with E-state index in [1.54, 1.807) is 13.8 Å². The van der Waals surface area contributed by atoms with E-state index < -0.39 is 18.3 Å². The average Bonchev–Trinajstić information content (AvgIpc) is 2.67. The molecule has 0 aromatic carbocycles. The number of halogens is 4. The number of rotatable bonds is 1. The molecule has 2 rings (SSSR count). The van der Waals surface area contributed by atoms with Gasteiger partial charge in [0, 0.05) is 18.5 Å². The van der Waals surface area contributed by atoms with E-state index in [0.29, 0.717) is 17.2 Å². The Morgan fingerprint density at radius 1 is 1.32 bits per heavy atom. The topological polar surface area (TPSA) is 49.2 Å². The van der Waals surface area contributed by atoms with Crippen LogP contribution in [-0.2, 0) is 0 Å². The first-order chi connectivity index (χ1) is 8.64. The van der Waals surface area contributed by atoms with Crippen LogP contribution >= 0.6 is 11.6 Å². The molecule has 1 atom stereocenters. The van der Waals surface area contributed by atoms with Gasteiger partial charge in [0.25, 0.3) is 0 Å². The molecule has 1 saturated heterocycles. The fraction of sp³-hybridized carbons (Fsp3) is 0.636. The van der Waals surface area contributed by atoms with Crippen LogP contribution < -0.4 is 4.90 Å². The normalized spacial score (nSPS) is 24.1. The number of nitrogens with zero attached hydrogens (tertiary/aromatic N) is 3. The fourth-order valence-corrected chi connectivity index (χ4v) is 2.30. The summed E-state index contributed by atoms with van der Waals surface area (Å²) in [6, 6.07) is 0. The summed E-state index contributed by atoms with van der Waals surface area (Å²) in [6.07, 6.45) is -5.03. The molecule has 2 heterocycles. The highest BCUT2D eigenvalue weighted by Crippen LogP contribution is 2.39. The van der Waals surface area contributed by atoms with Gasteiger partial charge < -0.3 is 10.0 Å². The van der Waals surface area contributed by atoms with Crippen LogP contribution in [0.15, 0.2) is 0 Å². The van der Waals surface area contributed by atoms with Crippen LogP contribution in [0.2, 0.25) is 5.15 Å². The standard InChI is InChI=1S/C11H13ClF3N3O/c1-6-8(12)16-7(2)17-9(6)18-4-3-10(19,5-18)11(13,14)15/h19H,3-5H2,1-2H3. The maximum absolute atomic E-state index is 12.8. The molecule has 0 spiro atoms. The van der Waals surface area contributed by atoms with Gasteiger partial charge in [-0.2, -0.15) is 13.2 Å². The largest absolute Gasteiger partial charge is 0.418 e. The summed E-state index contributed by atoms with van der Waals surface area (Å²) < 4.78 is 38.3. The number of aryl methyl sites for hydroxylation is 1. The fourth-order valence-electron chi connectivity index (χ4n) is 2.09. The number of hydrogen-bond acceptors (Lipinski definition) is 4. The van der Waals surface area contributed by atoms with E-state index in [4.69, 9.17) is 11.6 Å². The molecule has 1 fully saturated rings. The van der Waals surface area contributed by atoms with Crippen molar-refractivity contribution in [2.75, 3.05) is 18.0 Å². The Labute approximate surface area is 113 Å². The average molecular weight is 296 g/mol. The third-order valence-electron chi connectivity index (χ3n) is 3.25. The van der Waals surface area contributed by atoms with Crippen LogP contribution in [0.5, 0.6) is 0 Å². The van der Waals surface area contributed by atoms with Gasteiger partial charge in [-0.3, -0.25) is 0 Å². The lowest BCUT2D eigenvalue weighted by Gasteiger charge is -2.26. The van der Waals surface area contributed by atoms with Gasteiger partial charge in [-0.25, -0.2) is 9.97 Å². The Morgan fingerprint density at radius 3 is 2.47 bits per heavy atom. The number of alkyl halides is 3. The maximum atomic E-state index is 12.8. The molecule has 0 saturated carbocycles. The highest BCUT2D eigenvalue weighted by atomic mass is 35.5. The number of anilines is 1. The summed E-state index contributed by atoms with van der Waals surface area (Å²) in [4.78, 5) is 9.44. The molecule has 1 aromatic heterocycles. The Morgan fingerprint density at radius 2 is 1.95 bits per heavy atom. The minimum atomic E-state index is -4.65. The summed E-state index contributed by atoms with van der Waals surface area (Å²) in [5.74, 6) is 0.728. The molecule has 0 aliphatic carbocycles. The summed E-state index contributed by atoms with van der Waals surface area (Å²) in [6.45, 7) is 2.79. The zero-order valence-electron chi connectivity index (χ0n) is 10.4. The van der Waals surface area contributed by atoms with E-state index in [1.165, 1.54) is 4.90 Å². The third-order valence-corrected chi connectivity index (χ3v) is 3.62. The number of β-amino-alcohol motifs (C(OH)–C–C–N with tert-alkyl or cyclic N) is 1. The molecule has 4 nitrogen and oxygen atoms in total. The maximum Gasteiger partial charge on any atom is 0.418 e. The lowest BCUT2D eigenvalue weighted by Crippen LogP contribution is -2.47. The Bertz CT molecular complexity index is 509. The van der Waals surface area contributed by atoms with Gasteiger partial charge in [-0.05, 0) is 13.8 Å². The zero-order valence-corrected chi connectivity index (χ0v) is 11.2. The number of aliphatic hydroxyl groups is 1. The highest BCUT2D eigenvalue weighted by molar-refractivity contribution is 6.30. The molecule has 1 aliphatic rings. The summed E-state index contributed by atoms with van der Waals surface area (Å²) >= 11 is 5.90. The molecule has 1 aromatic rings. The quantitative estimate of drug-likeness (QED) is 0.807. The van der Waals surface area contributed by atoms with Crippen LogP contribution in [0, 0.1) is 13.8 Å². The second kappa shape index (κ2) is 4.49. The van der Waals surface area contributed by atoms with Crippen molar-refractivity contribution in [3.05, 3.63) is 16.5 Å². The second-order valence-corrected chi connectivity index (χ2v) is 5.07. The third kappa shape index (κ3) is 2.49. The first kappa shape index (κ1) is 14.3. The van der Waals surface area contributed by atoms with Gasteiger partial charge in [0.05, 0.1) is 6.54 Å². The monoisotopic (exact) mass is 295 g/mol. The minimum Gasteiger partial charge on any atom is -0.379 e. The first-order valence-electron chi connectivity index (χ1n) is 5.69. The second-order valence-electron chi connectivity index (χ2n) is 4.71. The van der Waals surface area contributed by atoms with E-state index in [-0.39, 0.29) is 18.1 Å². The molecule has 0 bridgehead atoms. The molecule has 1 N–H and O–H groups in total. The van der Waals surface area contributed by atoms with Gasteiger partial charge in [-0.15, -0.1) is 0 Å². The molecule has 1 aliphatic heterocycles. The first-order valence-corrected chi connectivity index (χ1v) is 6.07. The predicted octanol–water partition coefficient (Wildman–Crippen LogP) is 2.25. The molecule has 0 amide bonds. The molecule has 0 radical (unpaired) electrons. The van der Waals surface area contributed by atoms with Crippen LogP contribution in [0.4, 0.5) is 19.0 Å². The van der Waals surface area contributed by atoms with Crippen molar-refractivity contribution in [3.63, 3.8) is 0 Å². The van der Waals surface area contributed by atoms with E-state index in [2.05, 4.69) is 9.97 Å². The van der Waals surface area contributed by atoms with Gasteiger partial charge >= 0.3 is 6.18 Å². The minimum absolute atomic E-state index is 0.0730. The SMILES string of the molecule is Cc1nc(Cl)c(C)c(N2CCC(O)(C(F)(F)F)C2)n1. The predicted molar refractivity (Wildman–Crippen MR) is 64.4 cm³/mol. The molecular formula is C11H13ClF3N3O. The van der Waals surface area contributed by atoms with Gasteiger partial charge in [0.1, 0.15) is 16.8 Å². The van der Waals surface area contributed by atoms with E-state index in [9.17, 15) is 18.3 Å². The molecular weight excluding hydrogens is 283 g/mol. The van der Waals surface area contributed by atoms with Crippen LogP contribution in [0.25, 0.3) is 0 Å². The Balaban J connectivity index is 2.32. The van der Waals surface area contributed by atoms with E-state index in [1.807, 2.05) is 0 Å². The zero-order chi connectivity index (χ0) is 14.4. The highest BCUT2D eigenvalue weighted by Gasteiger charge is 2.57. The van der Waals surface area contributed by atoms with Crippen molar-refractivity contribution in [2.24, 2.45) is 0 Å². The Kier molecular flexibility index (Phi) is 3.38. The molecule has 1 unspecified atom stereocenters. The van der Waals surface area contributed by atoms with E-state index >= 15 is 0 Å². The van der Waals surface area contributed by atoms with Crippen molar-refractivity contribution in [1.29, 1.82) is 0 Å². The van der Waals surface area contributed by atoms with Gasteiger partial charge in [0.2, 0.25) is 0 Å². The molecule has 106 valence electrons. The van der Waals surface area contributed by atoms with Crippen LogP contribution in [-0.4, -0.2) is 39.9 Å². The van der Waals surface area contributed by atoms with Gasteiger partial charge in [0.15, 0.2) is 5.60 Å². The molecule has 8 heteroatoms. The summed E-state index contributed by atoms with van der Waals surface area (Å²) in [5, 5.41) is 9.86. The van der Waals surface area contributed by atoms with Crippen molar-refractivity contribution in [3.8, 4) is 0 Å². The van der Waals surface area contributed by atoms with Crippen molar-refractivity contribution in [2.45, 2.75) is 32.0 Å². The van der Waals surface area contributed by atoms with E-state index in [0.717, 1.165) is 0 Å². The van der Waals surface area contributed by atoms with Crippen molar-refractivity contribution < 1.29 is 18.3 Å². The number of aromatic nitrogens is 2. The van der Waals surface area contributed by atoms with Gasteiger partial charge in [-0.1, -0.05) is 11.6 Å². The number of hydrogen-bond donors (Lipinski definition) is 1. The van der Waals surface area contributed by atoms with Crippen molar-refractivity contribution >= 4 is 17.4 Å². The lowest BCUT2D eigenvalue weighted by atomic mass is 10.0. The summed E-state index contributed by atoms with van der Waals surface area (Å²) in [5.41, 5.74) is -2.18. The van der Waals surface area contributed by atoms with Crippen molar-refractivity contribution in [1.82, 2.24) is 9.97 Å².